The molecule has 100 valence electrons. The van der Waals surface area contributed by atoms with E-state index in [0.29, 0.717) is 5.69 Å². The van der Waals surface area contributed by atoms with Crippen LogP contribution in [-0.4, -0.2) is 15.6 Å². The van der Waals surface area contributed by atoms with Gasteiger partial charge in [0, 0.05) is 0 Å². The number of amides is 1. The van der Waals surface area contributed by atoms with Crippen molar-refractivity contribution in [2.24, 2.45) is 5.73 Å². The standard InChI is InChI=1S/C13H10N4O3/c14-6-8-10(18)9(12(16)19)11(15)17(13(8)20)7-4-2-1-3-5-7/h1-5,18H,15H2,(H2,16,19). The maximum atomic E-state index is 12.2. The topological polar surface area (TPSA) is 135 Å². The molecule has 1 heterocycles. The smallest absolute Gasteiger partial charge is 0.278 e. The lowest BCUT2D eigenvalue weighted by Crippen LogP contribution is -2.28. The van der Waals surface area contributed by atoms with Crippen LogP contribution >= 0.6 is 0 Å². The fraction of sp³-hybridized carbons (Fsp3) is 0. The molecule has 1 amide bonds. The maximum Gasteiger partial charge on any atom is 0.278 e. The molecule has 5 N–H and O–H groups in total. The van der Waals surface area contributed by atoms with Crippen molar-refractivity contribution in [2.45, 2.75) is 0 Å². The number of nitrogens with two attached hydrogens (primary N) is 2. The monoisotopic (exact) mass is 270 g/mol. The molecular formula is C13H10N4O3. The number of nitrogens with zero attached hydrogens (tertiary/aromatic N) is 2. The van der Waals surface area contributed by atoms with E-state index in [1.165, 1.54) is 0 Å². The third-order valence-corrected chi connectivity index (χ3v) is 2.76. The van der Waals surface area contributed by atoms with Crippen LogP contribution < -0.4 is 17.0 Å². The minimum atomic E-state index is -1.03. The Kier molecular flexibility index (Phi) is 3.15. The van der Waals surface area contributed by atoms with E-state index >= 15 is 0 Å². The summed E-state index contributed by atoms with van der Waals surface area (Å²) in [5, 5.41) is 18.7. The summed E-state index contributed by atoms with van der Waals surface area (Å²) in [4.78, 5) is 23.5. The van der Waals surface area contributed by atoms with E-state index in [2.05, 4.69) is 0 Å². The number of hydrogen-bond acceptors (Lipinski definition) is 5. The largest absolute Gasteiger partial charge is 0.505 e. The van der Waals surface area contributed by atoms with Crippen molar-refractivity contribution in [1.82, 2.24) is 4.57 Å². The predicted octanol–water partition coefficient (Wildman–Crippen LogP) is 0.0959. The van der Waals surface area contributed by atoms with Crippen molar-refractivity contribution in [3.63, 3.8) is 0 Å². The molecule has 2 rings (SSSR count). The van der Waals surface area contributed by atoms with Crippen molar-refractivity contribution < 1.29 is 9.90 Å². The molecule has 0 atom stereocenters. The summed E-state index contributed by atoms with van der Waals surface area (Å²) in [5.74, 6) is -2.14. The van der Waals surface area contributed by atoms with Crippen LogP contribution in [0.5, 0.6) is 5.75 Å². The number of rotatable bonds is 2. The first-order valence-corrected chi connectivity index (χ1v) is 5.51. The number of aromatic nitrogens is 1. The highest BCUT2D eigenvalue weighted by molar-refractivity contribution is 6.00. The van der Waals surface area contributed by atoms with Crippen molar-refractivity contribution in [1.29, 1.82) is 5.26 Å². The van der Waals surface area contributed by atoms with Crippen LogP contribution in [0.15, 0.2) is 35.1 Å². The molecule has 0 aliphatic carbocycles. The number of nitriles is 1. The molecule has 1 aromatic carbocycles. The van der Waals surface area contributed by atoms with Gasteiger partial charge in [0.25, 0.3) is 11.5 Å². The Morgan fingerprint density at radius 1 is 1.30 bits per heavy atom. The minimum Gasteiger partial charge on any atom is -0.505 e. The molecule has 0 aliphatic heterocycles. The second-order valence-electron chi connectivity index (χ2n) is 3.94. The molecule has 0 bridgehead atoms. The van der Waals surface area contributed by atoms with Crippen LogP contribution in [0, 0.1) is 11.3 Å². The number of carbonyl (C=O) groups is 1. The van der Waals surface area contributed by atoms with Gasteiger partial charge in [-0.25, -0.2) is 0 Å². The first kappa shape index (κ1) is 13.2. The molecule has 0 unspecified atom stereocenters. The van der Waals surface area contributed by atoms with E-state index in [9.17, 15) is 14.7 Å². The number of carbonyl (C=O) groups excluding carboxylic acids is 1. The molecule has 0 spiro atoms. The lowest BCUT2D eigenvalue weighted by molar-refractivity contribution is 0.0998. The van der Waals surface area contributed by atoms with E-state index in [1.54, 1.807) is 36.4 Å². The minimum absolute atomic E-state index is 0.315. The number of primary amides is 1. The third kappa shape index (κ3) is 1.85. The van der Waals surface area contributed by atoms with Crippen LogP contribution in [0.1, 0.15) is 15.9 Å². The molecule has 0 radical (unpaired) electrons. The number of anilines is 1. The van der Waals surface area contributed by atoms with Gasteiger partial charge in [-0.1, -0.05) is 18.2 Å². The summed E-state index contributed by atoms with van der Waals surface area (Å²) in [6.07, 6.45) is 0. The van der Waals surface area contributed by atoms with E-state index in [1.807, 2.05) is 0 Å². The lowest BCUT2D eigenvalue weighted by Gasteiger charge is -2.14. The van der Waals surface area contributed by atoms with Gasteiger partial charge in [0.05, 0.1) is 5.69 Å². The zero-order valence-corrected chi connectivity index (χ0v) is 10.2. The summed E-state index contributed by atoms with van der Waals surface area (Å²) in [7, 11) is 0. The summed E-state index contributed by atoms with van der Waals surface area (Å²) in [5.41, 5.74) is 9.36. The highest BCUT2D eigenvalue weighted by Gasteiger charge is 2.23. The summed E-state index contributed by atoms with van der Waals surface area (Å²) < 4.78 is 0.957. The number of hydrogen-bond donors (Lipinski definition) is 3. The molecule has 0 fully saturated rings. The summed E-state index contributed by atoms with van der Waals surface area (Å²) in [6.45, 7) is 0. The maximum absolute atomic E-state index is 12.2. The Hall–Kier alpha value is -3.27. The Morgan fingerprint density at radius 3 is 2.40 bits per heavy atom. The van der Waals surface area contributed by atoms with Gasteiger partial charge >= 0.3 is 0 Å². The molecule has 7 nitrogen and oxygen atoms in total. The Labute approximate surface area is 113 Å². The Bertz CT molecular complexity index is 788. The van der Waals surface area contributed by atoms with Crippen LogP contribution in [0.2, 0.25) is 0 Å². The average Bonchev–Trinajstić information content (AvgIpc) is 2.39. The molecule has 1 aromatic heterocycles. The second-order valence-corrected chi connectivity index (χ2v) is 3.94. The summed E-state index contributed by atoms with van der Waals surface area (Å²) in [6, 6.07) is 9.73. The Morgan fingerprint density at radius 2 is 1.90 bits per heavy atom. The van der Waals surface area contributed by atoms with Crippen LogP contribution in [0.4, 0.5) is 5.82 Å². The first-order valence-electron chi connectivity index (χ1n) is 5.51. The van der Waals surface area contributed by atoms with E-state index in [-0.39, 0.29) is 5.82 Å². The first-order chi connectivity index (χ1) is 9.49. The van der Waals surface area contributed by atoms with Crippen LogP contribution in [-0.2, 0) is 0 Å². The quantitative estimate of drug-likeness (QED) is 0.710. The third-order valence-electron chi connectivity index (χ3n) is 2.76. The zero-order chi connectivity index (χ0) is 14.9. The van der Waals surface area contributed by atoms with Gasteiger partial charge in [0.1, 0.15) is 17.5 Å². The zero-order valence-electron chi connectivity index (χ0n) is 10.2. The number of para-hydroxylation sites is 1. The molecule has 20 heavy (non-hydrogen) atoms. The van der Waals surface area contributed by atoms with Gasteiger partial charge < -0.3 is 16.6 Å². The SMILES string of the molecule is N#Cc1c(O)c(C(N)=O)c(N)n(-c2ccccc2)c1=O. The summed E-state index contributed by atoms with van der Waals surface area (Å²) >= 11 is 0. The fourth-order valence-corrected chi connectivity index (χ4v) is 1.86. The molecule has 0 saturated carbocycles. The molecule has 0 saturated heterocycles. The van der Waals surface area contributed by atoms with Gasteiger partial charge in [0.2, 0.25) is 0 Å². The van der Waals surface area contributed by atoms with E-state index in [4.69, 9.17) is 16.7 Å². The van der Waals surface area contributed by atoms with Crippen LogP contribution in [0.3, 0.4) is 0 Å². The van der Waals surface area contributed by atoms with Gasteiger partial charge in [-0.05, 0) is 12.1 Å². The predicted molar refractivity (Wildman–Crippen MR) is 71.3 cm³/mol. The van der Waals surface area contributed by atoms with Gasteiger partial charge in [-0.2, -0.15) is 5.26 Å². The lowest BCUT2D eigenvalue weighted by atomic mass is 10.1. The molecular weight excluding hydrogens is 260 g/mol. The normalized spacial score (nSPS) is 9.95. The van der Waals surface area contributed by atoms with Crippen LogP contribution in [0.25, 0.3) is 5.69 Å². The van der Waals surface area contributed by atoms with Crippen molar-refractivity contribution in [3.05, 3.63) is 51.8 Å². The molecule has 0 aliphatic rings. The highest BCUT2D eigenvalue weighted by atomic mass is 16.3. The van der Waals surface area contributed by atoms with Gasteiger partial charge in [-0.15, -0.1) is 0 Å². The van der Waals surface area contributed by atoms with E-state index < -0.39 is 28.3 Å². The Balaban J connectivity index is 2.97. The van der Waals surface area contributed by atoms with E-state index in [0.717, 1.165) is 4.57 Å². The number of benzene rings is 1. The average molecular weight is 270 g/mol. The molecule has 2 aromatic rings. The number of pyridine rings is 1. The van der Waals surface area contributed by atoms with Gasteiger partial charge in [0.15, 0.2) is 11.3 Å². The van der Waals surface area contributed by atoms with Crippen molar-refractivity contribution >= 4 is 11.7 Å². The van der Waals surface area contributed by atoms with Crippen molar-refractivity contribution in [3.8, 4) is 17.5 Å². The number of aromatic hydroxyl groups is 1. The number of nitrogen functional groups attached to an aromatic ring is 1. The second kappa shape index (κ2) is 4.78. The highest BCUT2D eigenvalue weighted by Crippen LogP contribution is 2.26. The molecule has 7 heteroatoms. The van der Waals surface area contributed by atoms with Gasteiger partial charge in [-0.3, -0.25) is 14.2 Å². The van der Waals surface area contributed by atoms with Crippen molar-refractivity contribution in [2.75, 3.05) is 5.73 Å². The fourth-order valence-electron chi connectivity index (χ4n) is 1.86.